The molecule has 0 saturated carbocycles. The maximum absolute atomic E-state index is 12.0. The zero-order valence-corrected chi connectivity index (χ0v) is 11.2. The maximum Gasteiger partial charge on any atom is 0.178 e. The van der Waals surface area contributed by atoms with Crippen molar-refractivity contribution in [2.45, 2.75) is 43.6 Å². The summed E-state index contributed by atoms with van der Waals surface area (Å²) >= 11 is 0. The predicted octanol–water partition coefficient (Wildman–Crippen LogP) is 2.40. The lowest BCUT2D eigenvalue weighted by Gasteiger charge is -2.24. The van der Waals surface area contributed by atoms with E-state index < -0.39 is 15.4 Å². The number of aliphatic hydroxyl groups is 1. The van der Waals surface area contributed by atoms with Crippen LogP contribution < -0.4 is 0 Å². The SMILES string of the molecule is CCC(O)(CC)CCS(=O)(=O)c1ccccc1. The Kier molecular flexibility index (Phi) is 4.71. The second-order valence-electron chi connectivity index (χ2n) is 4.31. The van der Waals surface area contributed by atoms with Gasteiger partial charge in [-0.05, 0) is 31.4 Å². The molecule has 0 aromatic heterocycles. The molecule has 3 nitrogen and oxygen atoms in total. The molecular weight excluding hydrogens is 236 g/mol. The van der Waals surface area contributed by atoms with Crippen LogP contribution in [0, 0.1) is 0 Å². The van der Waals surface area contributed by atoms with Crippen LogP contribution >= 0.6 is 0 Å². The summed E-state index contributed by atoms with van der Waals surface area (Å²) in [4.78, 5) is 0.328. The van der Waals surface area contributed by atoms with E-state index in [4.69, 9.17) is 0 Å². The van der Waals surface area contributed by atoms with E-state index in [0.717, 1.165) is 0 Å². The highest BCUT2D eigenvalue weighted by molar-refractivity contribution is 7.91. The Bertz CT molecular complexity index is 433. The third kappa shape index (κ3) is 3.82. The third-order valence-corrected chi connectivity index (χ3v) is 4.99. The Balaban J connectivity index is 2.76. The summed E-state index contributed by atoms with van der Waals surface area (Å²) in [6.07, 6.45) is 1.44. The van der Waals surface area contributed by atoms with E-state index in [1.54, 1.807) is 30.3 Å². The first kappa shape index (κ1) is 14.2. The molecule has 0 heterocycles. The van der Waals surface area contributed by atoms with Gasteiger partial charge in [-0.1, -0.05) is 32.0 Å². The van der Waals surface area contributed by atoms with Crippen molar-refractivity contribution in [2.24, 2.45) is 0 Å². The van der Waals surface area contributed by atoms with Gasteiger partial charge in [0.1, 0.15) is 0 Å². The maximum atomic E-state index is 12.0. The van der Waals surface area contributed by atoms with Crippen molar-refractivity contribution in [3.05, 3.63) is 30.3 Å². The van der Waals surface area contributed by atoms with E-state index in [-0.39, 0.29) is 12.2 Å². The van der Waals surface area contributed by atoms with Crippen molar-refractivity contribution in [1.29, 1.82) is 0 Å². The van der Waals surface area contributed by atoms with Crippen molar-refractivity contribution >= 4 is 9.84 Å². The van der Waals surface area contributed by atoms with E-state index in [1.807, 2.05) is 13.8 Å². The molecule has 96 valence electrons. The standard InChI is InChI=1S/C13H20O3S/c1-3-13(14,4-2)10-11-17(15,16)12-8-6-5-7-9-12/h5-9,14H,3-4,10-11H2,1-2H3. The minimum absolute atomic E-state index is 0.00477. The second-order valence-corrected chi connectivity index (χ2v) is 6.42. The summed E-state index contributed by atoms with van der Waals surface area (Å²) < 4.78 is 24.0. The van der Waals surface area contributed by atoms with E-state index in [1.165, 1.54) is 0 Å². The molecule has 0 amide bonds. The third-order valence-electron chi connectivity index (χ3n) is 3.25. The molecule has 0 unspecified atom stereocenters. The van der Waals surface area contributed by atoms with Crippen LogP contribution in [0.15, 0.2) is 35.2 Å². The van der Waals surface area contributed by atoms with E-state index in [9.17, 15) is 13.5 Å². The quantitative estimate of drug-likeness (QED) is 0.850. The molecule has 1 aromatic carbocycles. The first-order valence-corrected chi connectivity index (χ1v) is 7.59. The summed E-state index contributed by atoms with van der Waals surface area (Å²) in [6.45, 7) is 3.75. The molecule has 17 heavy (non-hydrogen) atoms. The lowest BCUT2D eigenvalue weighted by atomic mass is 9.95. The number of hydrogen-bond donors (Lipinski definition) is 1. The van der Waals surface area contributed by atoms with Crippen LogP contribution in [0.2, 0.25) is 0 Å². The molecule has 0 aliphatic heterocycles. The fourth-order valence-corrected chi connectivity index (χ4v) is 3.13. The van der Waals surface area contributed by atoms with Gasteiger partial charge < -0.3 is 5.11 Å². The Morgan fingerprint density at radius 3 is 2.12 bits per heavy atom. The first-order valence-electron chi connectivity index (χ1n) is 5.94. The summed E-state index contributed by atoms with van der Waals surface area (Å²) in [6, 6.07) is 8.38. The lowest BCUT2D eigenvalue weighted by molar-refractivity contribution is 0.0292. The molecular formula is C13H20O3S. The highest BCUT2D eigenvalue weighted by atomic mass is 32.2. The van der Waals surface area contributed by atoms with Gasteiger partial charge in [0.05, 0.1) is 16.2 Å². The van der Waals surface area contributed by atoms with Gasteiger partial charge in [-0.15, -0.1) is 0 Å². The summed E-state index contributed by atoms with van der Waals surface area (Å²) in [5.41, 5.74) is -0.859. The number of hydrogen-bond acceptors (Lipinski definition) is 3. The van der Waals surface area contributed by atoms with Crippen LogP contribution in [-0.4, -0.2) is 24.9 Å². The van der Waals surface area contributed by atoms with Crippen LogP contribution in [0.4, 0.5) is 0 Å². The van der Waals surface area contributed by atoms with Crippen molar-refractivity contribution in [1.82, 2.24) is 0 Å². The molecule has 0 aliphatic rings. The summed E-state index contributed by atoms with van der Waals surface area (Å²) in [5.74, 6) is -0.00477. The van der Waals surface area contributed by atoms with Crippen LogP contribution in [-0.2, 0) is 9.84 Å². The Hall–Kier alpha value is -0.870. The van der Waals surface area contributed by atoms with Gasteiger partial charge in [0, 0.05) is 0 Å². The average Bonchev–Trinajstić information content (AvgIpc) is 2.37. The second kappa shape index (κ2) is 5.65. The zero-order valence-electron chi connectivity index (χ0n) is 10.4. The molecule has 0 spiro atoms. The molecule has 0 saturated heterocycles. The van der Waals surface area contributed by atoms with Gasteiger partial charge >= 0.3 is 0 Å². The molecule has 0 fully saturated rings. The highest BCUT2D eigenvalue weighted by Gasteiger charge is 2.25. The normalized spacial score (nSPS) is 12.6. The number of benzene rings is 1. The topological polar surface area (TPSA) is 54.4 Å². The van der Waals surface area contributed by atoms with Gasteiger partial charge in [-0.2, -0.15) is 0 Å². The van der Waals surface area contributed by atoms with Crippen molar-refractivity contribution < 1.29 is 13.5 Å². The van der Waals surface area contributed by atoms with E-state index >= 15 is 0 Å². The van der Waals surface area contributed by atoms with E-state index in [0.29, 0.717) is 17.7 Å². The molecule has 1 rings (SSSR count). The highest BCUT2D eigenvalue weighted by Crippen LogP contribution is 2.22. The predicted molar refractivity (Wildman–Crippen MR) is 68.6 cm³/mol. The molecule has 0 radical (unpaired) electrons. The lowest BCUT2D eigenvalue weighted by Crippen LogP contribution is -2.29. The fraction of sp³-hybridized carbons (Fsp3) is 0.538. The van der Waals surface area contributed by atoms with Crippen LogP contribution in [0.1, 0.15) is 33.1 Å². The largest absolute Gasteiger partial charge is 0.390 e. The molecule has 0 bridgehead atoms. The van der Waals surface area contributed by atoms with E-state index in [2.05, 4.69) is 0 Å². The van der Waals surface area contributed by atoms with Crippen LogP contribution in [0.25, 0.3) is 0 Å². The molecule has 1 N–H and O–H groups in total. The zero-order chi connectivity index (χ0) is 12.9. The van der Waals surface area contributed by atoms with Crippen LogP contribution in [0.3, 0.4) is 0 Å². The van der Waals surface area contributed by atoms with Gasteiger partial charge in [0.25, 0.3) is 0 Å². The van der Waals surface area contributed by atoms with Crippen molar-refractivity contribution in [3.8, 4) is 0 Å². The minimum Gasteiger partial charge on any atom is -0.390 e. The number of sulfone groups is 1. The average molecular weight is 256 g/mol. The molecule has 0 aliphatic carbocycles. The Morgan fingerprint density at radius 1 is 1.12 bits per heavy atom. The monoisotopic (exact) mass is 256 g/mol. The van der Waals surface area contributed by atoms with Gasteiger partial charge in [-0.25, -0.2) is 8.42 Å². The minimum atomic E-state index is -3.27. The summed E-state index contributed by atoms with van der Waals surface area (Å²) in [5, 5.41) is 10.1. The summed E-state index contributed by atoms with van der Waals surface area (Å²) in [7, 11) is -3.27. The Morgan fingerprint density at radius 2 is 1.65 bits per heavy atom. The molecule has 1 aromatic rings. The van der Waals surface area contributed by atoms with Crippen molar-refractivity contribution in [2.75, 3.05) is 5.75 Å². The molecule has 4 heteroatoms. The first-order chi connectivity index (χ1) is 7.93. The van der Waals surface area contributed by atoms with Gasteiger partial charge in [-0.3, -0.25) is 0 Å². The number of rotatable bonds is 6. The Labute approximate surface area is 103 Å². The van der Waals surface area contributed by atoms with Gasteiger partial charge in [0.15, 0.2) is 9.84 Å². The smallest absolute Gasteiger partial charge is 0.178 e. The fourth-order valence-electron chi connectivity index (χ4n) is 1.67. The van der Waals surface area contributed by atoms with Gasteiger partial charge in [0.2, 0.25) is 0 Å². The van der Waals surface area contributed by atoms with Crippen LogP contribution in [0.5, 0.6) is 0 Å². The molecule has 0 atom stereocenters. The van der Waals surface area contributed by atoms with Crippen molar-refractivity contribution in [3.63, 3.8) is 0 Å².